The lowest BCUT2D eigenvalue weighted by molar-refractivity contribution is -0.167. The summed E-state index contributed by atoms with van der Waals surface area (Å²) >= 11 is 0. The monoisotopic (exact) mass is 391 g/mol. The lowest BCUT2D eigenvalue weighted by Gasteiger charge is -2.29. The number of carbonyl (C=O) groups excluding carboxylic acids is 2. The molecule has 150 valence electrons. The van der Waals surface area contributed by atoms with Crippen LogP contribution < -0.4 is 4.74 Å². The van der Waals surface area contributed by atoms with Crippen LogP contribution in [-0.4, -0.2) is 56.5 Å². The van der Waals surface area contributed by atoms with Crippen LogP contribution in [0.25, 0.3) is 0 Å². The fraction of sp³-hybridized carbons (Fsp3) is 0.263. The van der Waals surface area contributed by atoms with E-state index in [0.717, 1.165) is 19.2 Å². The Morgan fingerprint density at radius 3 is 2.39 bits per heavy atom. The Balaban J connectivity index is 2.52. The number of phenols is 3. The summed E-state index contributed by atoms with van der Waals surface area (Å²) in [6.45, 7) is 0. The van der Waals surface area contributed by atoms with Crippen LogP contribution in [0.15, 0.2) is 36.4 Å². The molecule has 0 aromatic heterocycles. The van der Waals surface area contributed by atoms with Gasteiger partial charge in [-0.25, -0.2) is 5.06 Å². The maximum Gasteiger partial charge on any atom is 0.313 e. The summed E-state index contributed by atoms with van der Waals surface area (Å²) in [4.78, 5) is 24.0. The van der Waals surface area contributed by atoms with Gasteiger partial charge in [0.05, 0.1) is 7.11 Å². The largest absolute Gasteiger partial charge is 0.504 e. The number of aromatic hydroxyl groups is 3. The first-order chi connectivity index (χ1) is 13.1. The molecule has 1 atom stereocenters. The predicted octanol–water partition coefficient (Wildman–Crippen LogP) is 1.05. The minimum Gasteiger partial charge on any atom is -0.504 e. The lowest BCUT2D eigenvalue weighted by atomic mass is 9.82. The van der Waals surface area contributed by atoms with Gasteiger partial charge in [-0.1, -0.05) is 12.1 Å². The fourth-order valence-electron chi connectivity index (χ4n) is 2.84. The molecule has 0 saturated heterocycles. The van der Waals surface area contributed by atoms with Crippen LogP contribution in [0, 0.1) is 0 Å². The molecule has 5 N–H and O–H groups in total. The second-order valence-corrected chi connectivity index (χ2v) is 6.32. The first kappa shape index (κ1) is 21.0. The number of ether oxygens (including phenoxy) is 1. The van der Waals surface area contributed by atoms with Crippen LogP contribution >= 0.6 is 0 Å². The number of aliphatic hydroxyl groups is 1. The normalized spacial score (nSPS) is 12.9. The van der Waals surface area contributed by atoms with Gasteiger partial charge in [-0.15, -0.1) is 0 Å². The van der Waals surface area contributed by atoms with Gasteiger partial charge in [0.15, 0.2) is 11.5 Å². The van der Waals surface area contributed by atoms with Crippen molar-refractivity contribution >= 4 is 11.7 Å². The maximum absolute atomic E-state index is 12.2. The van der Waals surface area contributed by atoms with E-state index in [4.69, 9.17) is 4.74 Å². The molecular formula is C19H21NO8. The molecule has 0 aliphatic heterocycles. The Morgan fingerprint density at radius 2 is 1.79 bits per heavy atom. The second kappa shape index (κ2) is 8.15. The van der Waals surface area contributed by atoms with Gasteiger partial charge in [0.25, 0.3) is 0 Å². The number of ketones is 1. The average Bonchev–Trinajstić information content (AvgIpc) is 2.65. The van der Waals surface area contributed by atoms with Crippen LogP contribution in [0.4, 0.5) is 0 Å². The zero-order chi connectivity index (χ0) is 21.1. The van der Waals surface area contributed by atoms with Crippen LogP contribution in [0.3, 0.4) is 0 Å². The standard InChI is InChI=1S/C19H21NO8/c1-20(27)18(25)15(22)10-19(26,9-11-4-3-5-12(8-11)28-2)13-6-7-14(21)17(24)16(13)23/h3-8,21,23-24,26-27H,9-10H2,1-2H3/t19-/m1/s1. The molecule has 0 radical (unpaired) electrons. The lowest BCUT2D eigenvalue weighted by Crippen LogP contribution is -2.38. The first-order valence-electron chi connectivity index (χ1n) is 8.18. The second-order valence-electron chi connectivity index (χ2n) is 6.32. The highest BCUT2D eigenvalue weighted by atomic mass is 16.5. The smallest absolute Gasteiger partial charge is 0.313 e. The number of likely N-dealkylation sites (N-methyl/N-ethyl adjacent to an activating group) is 1. The zero-order valence-corrected chi connectivity index (χ0v) is 15.3. The van der Waals surface area contributed by atoms with Gasteiger partial charge in [0.1, 0.15) is 11.4 Å². The van der Waals surface area contributed by atoms with Crippen LogP contribution in [-0.2, 0) is 21.6 Å². The third kappa shape index (κ3) is 4.33. The summed E-state index contributed by atoms with van der Waals surface area (Å²) < 4.78 is 5.12. The topological polar surface area (TPSA) is 148 Å². The maximum atomic E-state index is 12.2. The molecule has 2 aromatic carbocycles. The SMILES string of the molecule is COc1cccc(C[C@@](O)(CC(=O)C(=O)N(C)O)c2ccc(O)c(O)c2O)c1. The molecular weight excluding hydrogens is 370 g/mol. The van der Waals surface area contributed by atoms with E-state index < -0.39 is 41.0 Å². The van der Waals surface area contributed by atoms with Crippen molar-refractivity contribution in [3.8, 4) is 23.0 Å². The summed E-state index contributed by atoms with van der Waals surface area (Å²) in [5, 5.41) is 50.0. The van der Waals surface area contributed by atoms with Crippen LogP contribution in [0.5, 0.6) is 23.0 Å². The van der Waals surface area contributed by atoms with E-state index >= 15 is 0 Å². The van der Waals surface area contributed by atoms with E-state index in [2.05, 4.69) is 0 Å². The van der Waals surface area contributed by atoms with Crippen molar-refractivity contribution in [3.63, 3.8) is 0 Å². The van der Waals surface area contributed by atoms with E-state index in [1.807, 2.05) is 0 Å². The number of hydrogen-bond acceptors (Lipinski definition) is 8. The first-order valence-corrected chi connectivity index (χ1v) is 8.18. The van der Waals surface area contributed by atoms with Crippen molar-refractivity contribution in [1.29, 1.82) is 0 Å². The molecule has 0 aliphatic rings. The molecule has 2 rings (SSSR count). The Bertz CT molecular complexity index is 895. The summed E-state index contributed by atoms with van der Waals surface area (Å²) in [5.74, 6) is -4.23. The summed E-state index contributed by atoms with van der Waals surface area (Å²) in [5.41, 5.74) is -1.90. The van der Waals surface area contributed by atoms with E-state index in [1.165, 1.54) is 7.11 Å². The summed E-state index contributed by atoms with van der Waals surface area (Å²) in [6.07, 6.45) is -1.04. The number of benzene rings is 2. The van der Waals surface area contributed by atoms with Gasteiger partial charge in [0.2, 0.25) is 11.5 Å². The van der Waals surface area contributed by atoms with Gasteiger partial charge >= 0.3 is 5.91 Å². The Labute approximate surface area is 160 Å². The molecule has 28 heavy (non-hydrogen) atoms. The molecule has 0 saturated carbocycles. The third-order valence-corrected chi connectivity index (χ3v) is 4.25. The van der Waals surface area contributed by atoms with Crippen molar-refractivity contribution in [3.05, 3.63) is 47.5 Å². The number of nitrogens with zero attached hydrogens (tertiary/aromatic N) is 1. The third-order valence-electron chi connectivity index (χ3n) is 4.25. The Kier molecular flexibility index (Phi) is 6.12. The predicted molar refractivity (Wildman–Crippen MR) is 96.2 cm³/mol. The van der Waals surface area contributed by atoms with Crippen molar-refractivity contribution < 1.29 is 40.0 Å². The quantitative estimate of drug-likeness (QED) is 0.204. The number of hydroxylamine groups is 2. The summed E-state index contributed by atoms with van der Waals surface area (Å²) in [7, 11) is 2.42. The van der Waals surface area contributed by atoms with Gasteiger partial charge in [-0.3, -0.25) is 14.8 Å². The molecule has 0 unspecified atom stereocenters. The highest BCUT2D eigenvalue weighted by Gasteiger charge is 2.38. The van der Waals surface area contributed by atoms with E-state index in [1.54, 1.807) is 24.3 Å². The molecule has 0 spiro atoms. The molecule has 9 nitrogen and oxygen atoms in total. The molecule has 1 amide bonds. The number of hydrogen-bond donors (Lipinski definition) is 5. The molecule has 9 heteroatoms. The fourth-order valence-corrected chi connectivity index (χ4v) is 2.84. The minimum atomic E-state index is -2.13. The van der Waals surface area contributed by atoms with Crippen LogP contribution in [0.2, 0.25) is 0 Å². The van der Waals surface area contributed by atoms with Crippen LogP contribution in [0.1, 0.15) is 17.5 Å². The van der Waals surface area contributed by atoms with Crippen molar-refractivity contribution in [2.24, 2.45) is 0 Å². The van der Waals surface area contributed by atoms with Crippen molar-refractivity contribution in [2.75, 3.05) is 14.2 Å². The molecule has 0 bridgehead atoms. The average molecular weight is 391 g/mol. The summed E-state index contributed by atoms with van der Waals surface area (Å²) in [6, 6.07) is 8.71. The van der Waals surface area contributed by atoms with Gasteiger partial charge in [-0.2, -0.15) is 0 Å². The number of Topliss-reactive ketones (excluding diaryl/α,β-unsaturated/α-hetero) is 1. The van der Waals surface area contributed by atoms with E-state index in [9.17, 15) is 35.2 Å². The highest BCUT2D eigenvalue weighted by molar-refractivity contribution is 6.35. The Hall–Kier alpha value is -3.30. The molecule has 0 fully saturated rings. The van der Waals surface area contributed by atoms with Crippen molar-refractivity contribution in [2.45, 2.75) is 18.4 Å². The van der Waals surface area contributed by atoms with Crippen molar-refractivity contribution in [1.82, 2.24) is 5.06 Å². The number of rotatable bonds is 7. The number of methoxy groups -OCH3 is 1. The molecule has 0 aliphatic carbocycles. The highest BCUT2D eigenvalue weighted by Crippen LogP contribution is 2.44. The Morgan fingerprint density at radius 1 is 1.11 bits per heavy atom. The number of amides is 1. The molecule has 0 heterocycles. The zero-order valence-electron chi connectivity index (χ0n) is 15.3. The van der Waals surface area contributed by atoms with Gasteiger partial charge in [0, 0.05) is 25.5 Å². The van der Waals surface area contributed by atoms with E-state index in [0.29, 0.717) is 11.3 Å². The minimum absolute atomic E-state index is 0.0858. The number of phenolic OH excluding ortho intramolecular Hbond substituents is 3. The number of carbonyl (C=O) groups is 2. The molecule has 2 aromatic rings. The van der Waals surface area contributed by atoms with Gasteiger partial charge < -0.3 is 25.2 Å². The van der Waals surface area contributed by atoms with E-state index in [-0.39, 0.29) is 17.0 Å². The van der Waals surface area contributed by atoms with Gasteiger partial charge in [-0.05, 0) is 29.8 Å².